The zero-order chi connectivity index (χ0) is 18.6. The van der Waals surface area contributed by atoms with Crippen molar-refractivity contribution in [1.82, 2.24) is 15.2 Å². The summed E-state index contributed by atoms with van der Waals surface area (Å²) < 4.78 is 6.00. The highest BCUT2D eigenvalue weighted by Gasteiger charge is 2.22. The molecular formula is C22H23N3O2. The number of hydrogen-bond donors (Lipinski definition) is 1. The van der Waals surface area contributed by atoms with E-state index in [4.69, 9.17) is 4.42 Å². The number of benzene rings is 2. The molecule has 138 valence electrons. The van der Waals surface area contributed by atoms with Crippen LogP contribution in [-0.4, -0.2) is 42.0 Å². The van der Waals surface area contributed by atoms with Crippen molar-refractivity contribution in [2.24, 2.45) is 0 Å². The molecule has 5 nitrogen and oxygen atoms in total. The van der Waals surface area contributed by atoms with E-state index in [1.165, 1.54) is 5.56 Å². The van der Waals surface area contributed by atoms with Crippen LogP contribution in [-0.2, 0) is 0 Å². The molecule has 3 aromatic rings. The van der Waals surface area contributed by atoms with Crippen molar-refractivity contribution < 1.29 is 9.21 Å². The summed E-state index contributed by atoms with van der Waals surface area (Å²) >= 11 is 0. The van der Waals surface area contributed by atoms with E-state index in [-0.39, 0.29) is 5.91 Å². The lowest BCUT2D eigenvalue weighted by molar-refractivity contribution is 0.0767. The summed E-state index contributed by atoms with van der Waals surface area (Å²) in [6, 6.07) is 15.7. The fourth-order valence-corrected chi connectivity index (χ4v) is 3.33. The first kappa shape index (κ1) is 17.5. The van der Waals surface area contributed by atoms with Crippen LogP contribution in [0.15, 0.2) is 59.1 Å². The highest BCUT2D eigenvalue weighted by Crippen LogP contribution is 2.29. The average molecular weight is 361 g/mol. The van der Waals surface area contributed by atoms with Crippen molar-refractivity contribution in [3.8, 4) is 22.8 Å². The van der Waals surface area contributed by atoms with Gasteiger partial charge in [-0.15, -0.1) is 0 Å². The van der Waals surface area contributed by atoms with Gasteiger partial charge in [-0.1, -0.05) is 42.0 Å². The van der Waals surface area contributed by atoms with Crippen molar-refractivity contribution >= 4 is 5.91 Å². The monoisotopic (exact) mass is 361 g/mol. The van der Waals surface area contributed by atoms with Crippen LogP contribution in [0.2, 0.25) is 0 Å². The van der Waals surface area contributed by atoms with Gasteiger partial charge in [-0.25, -0.2) is 4.98 Å². The second-order valence-corrected chi connectivity index (χ2v) is 6.84. The molecule has 0 spiro atoms. The van der Waals surface area contributed by atoms with Crippen molar-refractivity contribution in [3.63, 3.8) is 0 Å². The molecule has 0 unspecified atom stereocenters. The van der Waals surface area contributed by atoms with E-state index in [0.717, 1.165) is 37.2 Å². The van der Waals surface area contributed by atoms with Gasteiger partial charge in [0.2, 0.25) is 5.89 Å². The minimum atomic E-state index is 0.0318. The first-order valence-corrected chi connectivity index (χ1v) is 9.34. The lowest BCUT2D eigenvalue weighted by Crippen LogP contribution is -2.34. The third-order valence-electron chi connectivity index (χ3n) is 4.86. The quantitative estimate of drug-likeness (QED) is 0.772. The molecule has 1 aromatic heterocycles. The average Bonchev–Trinajstić information content (AvgIpc) is 3.03. The van der Waals surface area contributed by atoms with Gasteiger partial charge in [0, 0.05) is 30.8 Å². The highest BCUT2D eigenvalue weighted by molar-refractivity contribution is 6.00. The number of aryl methyl sites for hydroxylation is 1. The van der Waals surface area contributed by atoms with Gasteiger partial charge in [0.25, 0.3) is 5.91 Å². The molecule has 2 heterocycles. The Kier molecular flexibility index (Phi) is 5.03. The zero-order valence-electron chi connectivity index (χ0n) is 15.4. The summed E-state index contributed by atoms with van der Waals surface area (Å²) in [5, 5.41) is 3.33. The van der Waals surface area contributed by atoms with Crippen LogP contribution in [0.1, 0.15) is 22.3 Å². The zero-order valence-corrected chi connectivity index (χ0v) is 15.4. The Balaban J connectivity index is 1.65. The van der Waals surface area contributed by atoms with Gasteiger partial charge < -0.3 is 14.6 Å². The molecule has 5 heteroatoms. The number of hydrogen-bond acceptors (Lipinski definition) is 4. The summed E-state index contributed by atoms with van der Waals surface area (Å²) in [6.07, 6.45) is 2.68. The standard InChI is InChI=1S/C22H23N3O2/c1-16-7-9-17(10-8-16)20-15-24-21(27-20)18-5-2-3-6-19(18)22(26)25-13-4-11-23-12-14-25/h2-3,5-10,15,23H,4,11-14H2,1H3. The molecule has 1 saturated heterocycles. The number of oxazole rings is 1. The van der Waals surface area contributed by atoms with Crippen LogP contribution < -0.4 is 5.32 Å². The topological polar surface area (TPSA) is 58.4 Å². The van der Waals surface area contributed by atoms with Crippen molar-refractivity contribution in [2.45, 2.75) is 13.3 Å². The van der Waals surface area contributed by atoms with E-state index in [9.17, 15) is 4.79 Å². The van der Waals surface area contributed by atoms with E-state index in [0.29, 0.717) is 23.8 Å². The molecule has 1 amide bonds. The largest absolute Gasteiger partial charge is 0.436 e. The summed E-state index contributed by atoms with van der Waals surface area (Å²) in [6.45, 7) is 5.30. The van der Waals surface area contributed by atoms with Crippen molar-refractivity contribution in [1.29, 1.82) is 0 Å². The second kappa shape index (κ2) is 7.76. The van der Waals surface area contributed by atoms with Crippen LogP contribution in [0.4, 0.5) is 0 Å². The molecule has 1 aliphatic rings. The van der Waals surface area contributed by atoms with Crippen LogP contribution in [0, 0.1) is 6.92 Å². The normalized spacial score (nSPS) is 14.8. The van der Waals surface area contributed by atoms with Gasteiger partial charge in [-0.05, 0) is 32.0 Å². The Labute approximate surface area is 159 Å². The van der Waals surface area contributed by atoms with Crippen LogP contribution in [0.25, 0.3) is 22.8 Å². The lowest BCUT2D eigenvalue weighted by Gasteiger charge is -2.21. The SMILES string of the molecule is Cc1ccc(-c2cnc(-c3ccccc3C(=O)N3CCCNCC3)o2)cc1. The summed E-state index contributed by atoms with van der Waals surface area (Å²) in [7, 11) is 0. The molecule has 2 aromatic carbocycles. The Morgan fingerprint density at radius 1 is 1.07 bits per heavy atom. The van der Waals surface area contributed by atoms with Crippen molar-refractivity contribution in [3.05, 3.63) is 65.9 Å². The molecule has 27 heavy (non-hydrogen) atoms. The molecule has 0 bridgehead atoms. The smallest absolute Gasteiger partial charge is 0.254 e. The van der Waals surface area contributed by atoms with E-state index in [1.54, 1.807) is 6.20 Å². The van der Waals surface area contributed by atoms with Gasteiger partial charge >= 0.3 is 0 Å². The number of nitrogens with zero attached hydrogens (tertiary/aromatic N) is 2. The number of carbonyl (C=O) groups excluding carboxylic acids is 1. The van der Waals surface area contributed by atoms with E-state index in [2.05, 4.69) is 17.2 Å². The Morgan fingerprint density at radius 3 is 2.74 bits per heavy atom. The maximum absolute atomic E-state index is 13.1. The van der Waals surface area contributed by atoms with E-state index in [1.807, 2.05) is 53.4 Å². The molecular weight excluding hydrogens is 338 g/mol. The fraction of sp³-hybridized carbons (Fsp3) is 0.273. The Hall–Kier alpha value is -2.92. The summed E-state index contributed by atoms with van der Waals surface area (Å²) in [5.74, 6) is 1.21. The predicted molar refractivity (Wildman–Crippen MR) is 106 cm³/mol. The Morgan fingerprint density at radius 2 is 1.89 bits per heavy atom. The molecule has 1 N–H and O–H groups in total. The molecule has 0 aliphatic carbocycles. The third-order valence-corrected chi connectivity index (χ3v) is 4.86. The minimum absolute atomic E-state index is 0.0318. The summed E-state index contributed by atoms with van der Waals surface area (Å²) in [5.41, 5.74) is 3.54. The van der Waals surface area contributed by atoms with Gasteiger partial charge in [-0.2, -0.15) is 0 Å². The number of carbonyl (C=O) groups is 1. The lowest BCUT2D eigenvalue weighted by atomic mass is 10.1. The summed E-state index contributed by atoms with van der Waals surface area (Å²) in [4.78, 5) is 19.4. The van der Waals surface area contributed by atoms with Gasteiger partial charge in [0.05, 0.1) is 11.8 Å². The van der Waals surface area contributed by atoms with E-state index < -0.39 is 0 Å². The number of rotatable bonds is 3. The number of amides is 1. The number of nitrogens with one attached hydrogen (secondary N) is 1. The van der Waals surface area contributed by atoms with Gasteiger partial charge in [0.1, 0.15) is 0 Å². The fourth-order valence-electron chi connectivity index (χ4n) is 3.33. The highest BCUT2D eigenvalue weighted by atomic mass is 16.4. The van der Waals surface area contributed by atoms with E-state index >= 15 is 0 Å². The van der Waals surface area contributed by atoms with Gasteiger partial charge in [0.15, 0.2) is 5.76 Å². The molecule has 4 rings (SSSR count). The molecule has 1 aliphatic heterocycles. The first-order chi connectivity index (χ1) is 13.2. The van der Waals surface area contributed by atoms with Crippen LogP contribution in [0.5, 0.6) is 0 Å². The molecule has 1 fully saturated rings. The van der Waals surface area contributed by atoms with Crippen LogP contribution in [0.3, 0.4) is 0 Å². The molecule has 0 radical (unpaired) electrons. The predicted octanol–water partition coefficient (Wildman–Crippen LogP) is 3.75. The minimum Gasteiger partial charge on any atom is -0.436 e. The third kappa shape index (κ3) is 3.78. The molecule has 0 saturated carbocycles. The Bertz CT molecular complexity index is 923. The maximum Gasteiger partial charge on any atom is 0.254 e. The number of aromatic nitrogens is 1. The van der Waals surface area contributed by atoms with Crippen molar-refractivity contribution in [2.75, 3.05) is 26.2 Å². The first-order valence-electron chi connectivity index (χ1n) is 9.34. The second-order valence-electron chi connectivity index (χ2n) is 6.84. The molecule has 0 atom stereocenters. The maximum atomic E-state index is 13.1. The van der Waals surface area contributed by atoms with Crippen LogP contribution >= 0.6 is 0 Å². The van der Waals surface area contributed by atoms with Gasteiger partial charge in [-0.3, -0.25) is 4.79 Å².